The molecule has 4 N–H and O–H groups in total. The highest BCUT2D eigenvalue weighted by Gasteiger charge is 2.29. The minimum atomic E-state index is -4.94. The normalized spacial score (nSPS) is 15.0. The van der Waals surface area contributed by atoms with Crippen LogP contribution in [0.5, 0.6) is 0 Å². The molecule has 0 radical (unpaired) electrons. The van der Waals surface area contributed by atoms with E-state index in [1.165, 1.54) is 0 Å². The SMILES string of the molecule is CC/C=C\C/C=C\C/C=C\C/C=C\CCCCCCCCC(=O)OCC(O)COP(=O)(O)OCC(O)COP(=O)(O)OCC(COC(=O)CCCCCCCC/C=C\C/C=C\C/C=C\C/C=C\CC)OC(=O)CCCCCCCCC/C=C\C/C=C\C/C=C\CC. The molecule has 0 amide bonds. The van der Waals surface area contributed by atoms with Crippen molar-refractivity contribution in [1.29, 1.82) is 0 Å². The Kier molecular flexibility index (Phi) is 62.6. The van der Waals surface area contributed by atoms with Gasteiger partial charge in [-0.3, -0.25) is 32.5 Å². The minimum Gasteiger partial charge on any atom is -0.463 e. The minimum absolute atomic E-state index is 0.0855. The lowest BCUT2D eigenvalue weighted by Gasteiger charge is -2.21. The molecule has 18 heteroatoms. The first-order chi connectivity index (χ1) is 44.2. The van der Waals surface area contributed by atoms with E-state index in [4.69, 9.17) is 32.3 Å². The molecule has 5 unspecified atom stereocenters. The van der Waals surface area contributed by atoms with E-state index in [9.17, 15) is 43.5 Å². The first kappa shape index (κ1) is 86.7. The number of aliphatic hydroxyl groups excluding tert-OH is 2. The number of allylic oxidation sites excluding steroid dienone is 22. The summed E-state index contributed by atoms with van der Waals surface area (Å²) in [5.41, 5.74) is 0. The molecule has 0 bridgehead atoms. The van der Waals surface area contributed by atoms with Gasteiger partial charge in [0.2, 0.25) is 0 Å². The average molecular weight is 1320 g/mol. The number of carbonyl (C=O) groups is 3. The Bertz CT molecular complexity index is 2190. The van der Waals surface area contributed by atoms with Crippen molar-refractivity contribution >= 4 is 33.6 Å². The van der Waals surface area contributed by atoms with Gasteiger partial charge < -0.3 is 34.2 Å². The lowest BCUT2D eigenvalue weighted by Crippen LogP contribution is -2.30. The molecule has 0 aliphatic heterocycles. The van der Waals surface area contributed by atoms with Crippen molar-refractivity contribution in [2.24, 2.45) is 0 Å². The van der Waals surface area contributed by atoms with E-state index >= 15 is 0 Å². The number of aliphatic hydroxyl groups is 2. The third-order valence-electron chi connectivity index (χ3n) is 13.9. The summed E-state index contributed by atoms with van der Waals surface area (Å²) in [6, 6.07) is 0. The molecule has 520 valence electrons. The summed E-state index contributed by atoms with van der Waals surface area (Å²) in [5.74, 6) is -1.62. The van der Waals surface area contributed by atoms with Gasteiger partial charge in [-0.15, -0.1) is 0 Å². The smallest absolute Gasteiger partial charge is 0.463 e. The Morgan fingerprint density at radius 3 is 0.868 bits per heavy atom. The third kappa shape index (κ3) is 66.9. The Labute approximate surface area is 550 Å². The highest BCUT2D eigenvalue weighted by Crippen LogP contribution is 2.45. The molecule has 0 aliphatic rings. The summed E-state index contributed by atoms with van der Waals surface area (Å²) < 4.78 is 60.9. The largest absolute Gasteiger partial charge is 0.472 e. The van der Waals surface area contributed by atoms with Gasteiger partial charge in [-0.25, -0.2) is 9.13 Å². The first-order valence-electron chi connectivity index (χ1n) is 34.5. The van der Waals surface area contributed by atoms with Crippen molar-refractivity contribution in [3.63, 3.8) is 0 Å². The summed E-state index contributed by atoms with van der Waals surface area (Å²) >= 11 is 0. The molecule has 0 aromatic carbocycles. The molecule has 0 rings (SSSR count). The van der Waals surface area contributed by atoms with Crippen molar-refractivity contribution in [2.75, 3.05) is 39.6 Å². The number of esters is 3. The fourth-order valence-electron chi connectivity index (χ4n) is 8.68. The second kappa shape index (κ2) is 65.7. The predicted octanol–water partition coefficient (Wildman–Crippen LogP) is 19.2. The molecule has 0 spiro atoms. The molecular formula is C73H122O16P2. The van der Waals surface area contributed by atoms with Gasteiger partial charge in [-0.05, 0) is 128 Å². The fraction of sp³-hybridized carbons (Fsp3) is 0.658. The molecule has 16 nitrogen and oxygen atoms in total. The number of ether oxygens (including phenoxy) is 3. The molecule has 0 fully saturated rings. The topological polar surface area (TPSA) is 231 Å². The van der Waals surface area contributed by atoms with Crippen LogP contribution in [0.1, 0.15) is 252 Å². The van der Waals surface area contributed by atoms with Gasteiger partial charge in [0.15, 0.2) is 6.10 Å². The average Bonchev–Trinajstić information content (AvgIpc) is 3.02. The maximum atomic E-state index is 12.9. The third-order valence-corrected chi connectivity index (χ3v) is 15.8. The molecule has 0 aliphatic carbocycles. The molecule has 0 saturated carbocycles. The molecule has 0 aromatic rings. The van der Waals surface area contributed by atoms with Crippen LogP contribution in [0.2, 0.25) is 0 Å². The first-order valence-corrected chi connectivity index (χ1v) is 37.5. The van der Waals surface area contributed by atoms with E-state index in [1.54, 1.807) is 0 Å². The second-order valence-corrected chi connectivity index (χ2v) is 25.4. The Morgan fingerprint density at radius 1 is 0.308 bits per heavy atom. The van der Waals surface area contributed by atoms with Gasteiger partial charge >= 0.3 is 33.6 Å². The van der Waals surface area contributed by atoms with Crippen molar-refractivity contribution in [3.8, 4) is 0 Å². The summed E-state index contributed by atoms with van der Waals surface area (Å²) in [6.45, 7) is 2.28. The number of carbonyl (C=O) groups excluding carboxylic acids is 3. The van der Waals surface area contributed by atoms with Crippen LogP contribution in [0.25, 0.3) is 0 Å². The zero-order chi connectivity index (χ0) is 66.7. The second-order valence-electron chi connectivity index (χ2n) is 22.5. The number of phosphoric ester groups is 2. The number of unbranched alkanes of at least 4 members (excludes halogenated alkanes) is 19. The molecule has 91 heavy (non-hydrogen) atoms. The highest BCUT2D eigenvalue weighted by atomic mass is 31.2. The standard InChI is InChI=1S/C73H122O16P2/c1-4-7-10-13-16-19-22-25-28-31-33-36-38-41-44-47-50-53-56-59-71(76)83-62-68(74)63-85-90(79,80)86-64-69(75)65-87-91(81,82)88-67-70(89-73(78)61-58-55-52-49-46-43-40-35-30-27-24-21-18-15-12-9-6-3)66-84-72(77)60-57-54-51-48-45-42-39-37-34-32-29-26-23-20-17-14-11-8-5-2/h7-12,16-21,25-30,33-34,36-37,68-70,74-75H,4-6,13-15,22-24,31-32,35,38-67H2,1-3H3,(H,79,80)(H,81,82)/b10-7-,11-8-,12-9-,19-16-,20-17-,21-18-,28-25-,29-26-,30-27-,36-33-,37-34-. The van der Waals surface area contributed by atoms with Crippen molar-refractivity contribution < 1.29 is 75.8 Å². The maximum absolute atomic E-state index is 12.9. The fourth-order valence-corrected chi connectivity index (χ4v) is 10.3. The van der Waals surface area contributed by atoms with Crippen LogP contribution in [0.4, 0.5) is 0 Å². The van der Waals surface area contributed by atoms with E-state index in [0.29, 0.717) is 19.3 Å². The lowest BCUT2D eigenvalue weighted by molar-refractivity contribution is -0.161. The molecule has 0 heterocycles. The summed E-state index contributed by atoms with van der Waals surface area (Å²) in [7, 11) is -9.80. The molecule has 0 aromatic heterocycles. The van der Waals surface area contributed by atoms with Crippen LogP contribution in [0, 0.1) is 0 Å². The predicted molar refractivity (Wildman–Crippen MR) is 371 cm³/mol. The van der Waals surface area contributed by atoms with Gasteiger partial charge in [0, 0.05) is 19.3 Å². The van der Waals surface area contributed by atoms with E-state index in [0.717, 1.165) is 193 Å². The molecule has 5 atom stereocenters. The van der Waals surface area contributed by atoms with E-state index in [1.807, 2.05) is 0 Å². The van der Waals surface area contributed by atoms with Gasteiger partial charge in [0.1, 0.15) is 25.4 Å². The Hall–Kier alpha value is -4.31. The maximum Gasteiger partial charge on any atom is 0.472 e. The number of hydrogen-bond acceptors (Lipinski definition) is 14. The Balaban J connectivity index is 4.74. The van der Waals surface area contributed by atoms with Crippen LogP contribution < -0.4 is 0 Å². The highest BCUT2D eigenvalue weighted by molar-refractivity contribution is 7.47. The summed E-state index contributed by atoms with van der Waals surface area (Å²) in [4.78, 5) is 58.4. The van der Waals surface area contributed by atoms with E-state index in [-0.39, 0.29) is 19.3 Å². The molecule has 0 saturated heterocycles. The number of hydrogen-bond donors (Lipinski definition) is 4. The van der Waals surface area contributed by atoms with Crippen LogP contribution in [0.3, 0.4) is 0 Å². The van der Waals surface area contributed by atoms with Crippen molar-refractivity contribution in [3.05, 3.63) is 134 Å². The van der Waals surface area contributed by atoms with Gasteiger partial charge in [-0.1, -0.05) is 238 Å². The van der Waals surface area contributed by atoms with Crippen LogP contribution in [0.15, 0.2) is 134 Å². The van der Waals surface area contributed by atoms with Crippen molar-refractivity contribution in [1.82, 2.24) is 0 Å². The van der Waals surface area contributed by atoms with E-state index < -0.39 is 91.5 Å². The number of rotatable bonds is 64. The quantitative estimate of drug-likeness (QED) is 0.0146. The van der Waals surface area contributed by atoms with Gasteiger partial charge in [0.25, 0.3) is 0 Å². The van der Waals surface area contributed by atoms with Crippen LogP contribution in [-0.2, 0) is 55.8 Å². The molecular weight excluding hydrogens is 1190 g/mol. The van der Waals surface area contributed by atoms with Gasteiger partial charge in [-0.2, -0.15) is 0 Å². The monoisotopic (exact) mass is 1320 g/mol. The summed E-state index contributed by atoms with van der Waals surface area (Å²) in [6.07, 6.45) is 76.3. The van der Waals surface area contributed by atoms with Gasteiger partial charge in [0.05, 0.1) is 26.4 Å². The van der Waals surface area contributed by atoms with Crippen molar-refractivity contribution in [2.45, 2.75) is 270 Å². The lowest BCUT2D eigenvalue weighted by atomic mass is 10.1. The summed E-state index contributed by atoms with van der Waals surface area (Å²) in [5, 5.41) is 20.6. The van der Waals surface area contributed by atoms with Crippen LogP contribution in [-0.4, -0.2) is 95.9 Å². The zero-order valence-corrected chi connectivity index (χ0v) is 58.0. The van der Waals surface area contributed by atoms with Crippen LogP contribution >= 0.6 is 15.6 Å². The Morgan fingerprint density at radius 2 is 0.549 bits per heavy atom. The zero-order valence-electron chi connectivity index (χ0n) is 56.2. The van der Waals surface area contributed by atoms with E-state index in [2.05, 4.69) is 154 Å². The number of phosphoric acid groups is 2.